The average molecular weight is 282 g/mol. The number of rotatable bonds is 5. The van der Waals surface area contributed by atoms with Crippen LogP contribution in [0.5, 0.6) is 0 Å². The summed E-state index contributed by atoms with van der Waals surface area (Å²) in [7, 11) is -3.20. The fraction of sp³-hybridized carbons (Fsp3) is 0.500. The molecule has 0 fully saturated rings. The molecule has 1 heterocycles. The maximum Gasteiger partial charge on any atom is 0.221 e. The van der Waals surface area contributed by atoms with Crippen LogP contribution < -0.4 is 4.72 Å². The fourth-order valence-corrected chi connectivity index (χ4v) is 2.27. The molecule has 1 aromatic heterocycles. The number of sulfonamides is 1. The molecule has 6 heteroatoms. The van der Waals surface area contributed by atoms with Crippen molar-refractivity contribution in [1.82, 2.24) is 4.72 Å². The summed E-state index contributed by atoms with van der Waals surface area (Å²) in [5, 5.41) is 0. The van der Waals surface area contributed by atoms with Gasteiger partial charge in [0.1, 0.15) is 10.4 Å². The van der Waals surface area contributed by atoms with E-state index in [0.717, 1.165) is 5.76 Å². The van der Waals surface area contributed by atoms with Gasteiger partial charge in [-0.15, -0.1) is 0 Å². The normalized spacial score (nSPS) is 14.1. The highest BCUT2D eigenvalue weighted by atomic mass is 79.9. The minimum absolute atomic E-state index is 0.0809. The second-order valence-electron chi connectivity index (χ2n) is 3.03. The van der Waals surface area contributed by atoms with Gasteiger partial charge in [-0.25, -0.2) is 13.1 Å². The second-order valence-corrected chi connectivity index (χ2v) is 6.08. The van der Waals surface area contributed by atoms with Crippen molar-refractivity contribution in [2.75, 3.05) is 4.66 Å². The zero-order valence-corrected chi connectivity index (χ0v) is 10.1. The molecule has 0 saturated heterocycles. The summed E-state index contributed by atoms with van der Waals surface area (Å²) in [6.07, 6.45) is 2.13. The van der Waals surface area contributed by atoms with Crippen LogP contribution in [0.3, 0.4) is 0 Å². The minimum atomic E-state index is -3.20. The van der Waals surface area contributed by atoms with Gasteiger partial charge >= 0.3 is 0 Å². The first-order valence-electron chi connectivity index (χ1n) is 4.12. The number of nitrogens with one attached hydrogen (secondary N) is 1. The van der Waals surface area contributed by atoms with E-state index in [9.17, 15) is 8.42 Å². The van der Waals surface area contributed by atoms with Crippen molar-refractivity contribution in [3.05, 3.63) is 24.2 Å². The fourth-order valence-electron chi connectivity index (χ4n) is 1.11. The average Bonchev–Trinajstić information content (AvgIpc) is 2.55. The van der Waals surface area contributed by atoms with Gasteiger partial charge in [0.2, 0.25) is 10.0 Å². The van der Waals surface area contributed by atoms with Crippen LogP contribution in [0.25, 0.3) is 0 Å². The molecule has 0 aliphatic rings. The van der Waals surface area contributed by atoms with Crippen LogP contribution in [0.15, 0.2) is 22.8 Å². The molecule has 0 saturated carbocycles. The van der Waals surface area contributed by atoms with Crippen LogP contribution in [-0.4, -0.2) is 19.1 Å². The summed E-state index contributed by atoms with van der Waals surface area (Å²) >= 11 is 2.90. The monoisotopic (exact) mass is 281 g/mol. The van der Waals surface area contributed by atoms with E-state index in [1.807, 2.05) is 6.07 Å². The summed E-state index contributed by atoms with van der Waals surface area (Å²) in [6, 6.07) is 3.43. The highest BCUT2D eigenvalue weighted by Gasteiger charge is 2.13. The largest absolute Gasteiger partial charge is 0.469 e. The van der Waals surface area contributed by atoms with Gasteiger partial charge < -0.3 is 4.42 Å². The topological polar surface area (TPSA) is 59.3 Å². The molecule has 14 heavy (non-hydrogen) atoms. The molecule has 0 aromatic carbocycles. The first kappa shape index (κ1) is 11.7. The van der Waals surface area contributed by atoms with Crippen molar-refractivity contribution in [3.8, 4) is 0 Å². The van der Waals surface area contributed by atoms with E-state index in [0.29, 0.717) is 6.42 Å². The Balaban J connectivity index is 2.48. The lowest BCUT2D eigenvalue weighted by Gasteiger charge is -2.10. The first-order chi connectivity index (χ1) is 6.53. The van der Waals surface area contributed by atoms with Gasteiger partial charge in [0.05, 0.1) is 6.26 Å². The molecular formula is C8H12BrNO3S. The summed E-state index contributed by atoms with van der Waals surface area (Å²) in [5.74, 6) is 0.773. The van der Waals surface area contributed by atoms with Gasteiger partial charge in [0, 0.05) is 12.5 Å². The lowest BCUT2D eigenvalue weighted by Crippen LogP contribution is -2.34. The molecule has 0 radical (unpaired) electrons. The Hall–Kier alpha value is -0.330. The molecule has 1 atom stereocenters. The number of hydrogen-bond donors (Lipinski definition) is 1. The highest BCUT2D eigenvalue weighted by Crippen LogP contribution is 2.05. The summed E-state index contributed by atoms with van der Waals surface area (Å²) in [4.78, 5) is 0. The third kappa shape index (κ3) is 3.81. The maximum atomic E-state index is 11.1. The van der Waals surface area contributed by atoms with Crippen LogP contribution in [0.1, 0.15) is 12.7 Å². The van der Waals surface area contributed by atoms with E-state index in [1.54, 1.807) is 19.3 Å². The Bertz CT molecular complexity index is 360. The van der Waals surface area contributed by atoms with Crippen molar-refractivity contribution in [1.29, 1.82) is 0 Å². The second kappa shape index (κ2) is 4.95. The van der Waals surface area contributed by atoms with Crippen molar-refractivity contribution in [2.45, 2.75) is 19.4 Å². The zero-order valence-electron chi connectivity index (χ0n) is 7.73. The third-order valence-electron chi connectivity index (χ3n) is 1.61. The Morgan fingerprint density at radius 1 is 1.64 bits per heavy atom. The SMILES string of the molecule is CC(Cc1ccco1)NS(=O)(=O)CBr. The molecule has 0 bridgehead atoms. The van der Waals surface area contributed by atoms with Crippen molar-refractivity contribution in [3.63, 3.8) is 0 Å². The van der Waals surface area contributed by atoms with Crippen LogP contribution in [0.4, 0.5) is 0 Å². The Morgan fingerprint density at radius 3 is 2.86 bits per heavy atom. The molecule has 1 N–H and O–H groups in total. The van der Waals surface area contributed by atoms with Crippen LogP contribution in [-0.2, 0) is 16.4 Å². The number of halogens is 1. The minimum Gasteiger partial charge on any atom is -0.469 e. The zero-order chi connectivity index (χ0) is 10.6. The molecule has 0 spiro atoms. The molecule has 0 amide bonds. The van der Waals surface area contributed by atoms with E-state index in [-0.39, 0.29) is 10.7 Å². The summed E-state index contributed by atoms with van der Waals surface area (Å²) in [6.45, 7) is 1.79. The van der Waals surface area contributed by atoms with E-state index in [2.05, 4.69) is 20.7 Å². The molecule has 1 unspecified atom stereocenters. The van der Waals surface area contributed by atoms with Gasteiger partial charge in [0.25, 0.3) is 0 Å². The molecule has 80 valence electrons. The maximum absolute atomic E-state index is 11.1. The lowest BCUT2D eigenvalue weighted by atomic mass is 10.2. The molecule has 1 aromatic rings. The van der Waals surface area contributed by atoms with E-state index < -0.39 is 10.0 Å². The van der Waals surface area contributed by atoms with Gasteiger partial charge in [-0.2, -0.15) is 0 Å². The predicted molar refractivity (Wildman–Crippen MR) is 57.7 cm³/mol. The summed E-state index contributed by atoms with van der Waals surface area (Å²) in [5.41, 5.74) is 0. The quantitative estimate of drug-likeness (QED) is 0.832. The van der Waals surface area contributed by atoms with E-state index in [4.69, 9.17) is 4.42 Å². The standard InChI is InChI=1S/C8H12BrNO3S/c1-7(10-14(11,12)6-9)5-8-3-2-4-13-8/h2-4,7,10H,5-6H2,1H3. The smallest absolute Gasteiger partial charge is 0.221 e. The van der Waals surface area contributed by atoms with Crippen LogP contribution in [0.2, 0.25) is 0 Å². The summed E-state index contributed by atoms with van der Waals surface area (Å²) < 4.78 is 29.8. The van der Waals surface area contributed by atoms with E-state index in [1.165, 1.54) is 0 Å². The lowest BCUT2D eigenvalue weighted by molar-refractivity contribution is 0.479. The van der Waals surface area contributed by atoms with Gasteiger partial charge in [0.15, 0.2) is 0 Å². The van der Waals surface area contributed by atoms with Gasteiger partial charge in [-0.05, 0) is 19.1 Å². The predicted octanol–water partition coefficient (Wildman–Crippen LogP) is 1.48. The molecule has 4 nitrogen and oxygen atoms in total. The van der Waals surface area contributed by atoms with Gasteiger partial charge in [-0.1, -0.05) is 15.9 Å². The van der Waals surface area contributed by atoms with Crippen LogP contribution >= 0.6 is 15.9 Å². The van der Waals surface area contributed by atoms with Gasteiger partial charge in [-0.3, -0.25) is 0 Å². The number of alkyl halides is 1. The van der Waals surface area contributed by atoms with Crippen molar-refractivity contribution >= 4 is 26.0 Å². The Morgan fingerprint density at radius 2 is 2.36 bits per heavy atom. The van der Waals surface area contributed by atoms with Crippen molar-refractivity contribution < 1.29 is 12.8 Å². The number of hydrogen-bond acceptors (Lipinski definition) is 3. The Labute approximate surface area is 91.9 Å². The third-order valence-corrected chi connectivity index (χ3v) is 4.47. The molecular weight excluding hydrogens is 270 g/mol. The Kier molecular flexibility index (Phi) is 4.15. The number of furan rings is 1. The molecule has 0 aliphatic heterocycles. The van der Waals surface area contributed by atoms with Crippen LogP contribution in [0, 0.1) is 0 Å². The first-order valence-corrected chi connectivity index (χ1v) is 6.89. The highest BCUT2D eigenvalue weighted by molar-refractivity contribution is 9.10. The van der Waals surface area contributed by atoms with Crippen molar-refractivity contribution in [2.24, 2.45) is 0 Å². The van der Waals surface area contributed by atoms with E-state index >= 15 is 0 Å². The molecule has 1 rings (SSSR count). The molecule has 0 aliphatic carbocycles.